The van der Waals surface area contributed by atoms with Crippen LogP contribution in [0.4, 0.5) is 4.79 Å². The fourth-order valence-electron chi connectivity index (χ4n) is 1.02. The van der Waals surface area contributed by atoms with Crippen molar-refractivity contribution < 1.29 is 28.2 Å². The zero-order chi connectivity index (χ0) is 15.3. The van der Waals surface area contributed by atoms with Gasteiger partial charge < -0.3 is 20.8 Å². The van der Waals surface area contributed by atoms with Crippen molar-refractivity contribution in [2.45, 2.75) is 31.1 Å². The maximum atomic E-state index is 11.4. The molecule has 0 bridgehead atoms. The molecule has 2 amide bonds. The Labute approximate surface area is 112 Å². The zero-order valence-electron chi connectivity index (χ0n) is 11.1. The van der Waals surface area contributed by atoms with Crippen LogP contribution >= 0.6 is 0 Å². The van der Waals surface area contributed by atoms with Crippen LogP contribution in [-0.2, 0) is 14.6 Å². The number of carboxylic acid groups (broad SMARTS) is 1. The number of carboxylic acids is 1. The van der Waals surface area contributed by atoms with E-state index in [4.69, 9.17) is 10.2 Å². The summed E-state index contributed by atoms with van der Waals surface area (Å²) in [4.78, 5) is 22.2. The van der Waals surface area contributed by atoms with Crippen molar-refractivity contribution in [3.63, 3.8) is 0 Å². The monoisotopic (exact) mass is 296 g/mol. The van der Waals surface area contributed by atoms with E-state index in [9.17, 15) is 18.0 Å². The Morgan fingerprint density at radius 1 is 1.32 bits per heavy atom. The van der Waals surface area contributed by atoms with Gasteiger partial charge in [0.2, 0.25) is 0 Å². The molecule has 0 spiro atoms. The topological polar surface area (TPSA) is 133 Å². The third-order valence-corrected chi connectivity index (χ3v) is 4.85. The van der Waals surface area contributed by atoms with E-state index in [0.717, 1.165) is 6.26 Å². The molecule has 0 radical (unpaired) electrons. The molecule has 0 fully saturated rings. The highest BCUT2D eigenvalue weighted by Crippen LogP contribution is 2.13. The highest BCUT2D eigenvalue weighted by molar-refractivity contribution is 7.92. The van der Waals surface area contributed by atoms with Gasteiger partial charge in [-0.1, -0.05) is 0 Å². The zero-order valence-corrected chi connectivity index (χ0v) is 12.0. The van der Waals surface area contributed by atoms with Gasteiger partial charge >= 0.3 is 12.0 Å². The molecule has 0 rings (SSSR count). The molecule has 0 aliphatic rings. The fourth-order valence-corrected chi connectivity index (χ4v) is 1.35. The molecular formula is C10H20N2O6S. The lowest BCUT2D eigenvalue weighted by molar-refractivity contribution is -0.139. The summed E-state index contributed by atoms with van der Waals surface area (Å²) in [5.41, 5.74) is 0. The second-order valence-corrected chi connectivity index (χ2v) is 7.41. The molecule has 0 saturated heterocycles. The first-order valence-electron chi connectivity index (χ1n) is 5.59. The summed E-state index contributed by atoms with van der Waals surface area (Å²) in [6, 6.07) is -2.01. The second-order valence-electron chi connectivity index (χ2n) is 4.76. The van der Waals surface area contributed by atoms with E-state index in [1.807, 2.05) is 0 Å². The van der Waals surface area contributed by atoms with Gasteiger partial charge in [0.1, 0.15) is 6.04 Å². The summed E-state index contributed by atoms with van der Waals surface area (Å²) in [7, 11) is -3.35. The summed E-state index contributed by atoms with van der Waals surface area (Å²) in [6.45, 7) is 2.37. The second kappa shape index (κ2) is 6.71. The molecule has 9 heteroatoms. The van der Waals surface area contributed by atoms with Crippen LogP contribution in [0.2, 0.25) is 0 Å². The number of amides is 2. The van der Waals surface area contributed by atoms with Crippen molar-refractivity contribution >= 4 is 21.8 Å². The van der Waals surface area contributed by atoms with E-state index >= 15 is 0 Å². The Balaban J connectivity index is 4.44. The van der Waals surface area contributed by atoms with E-state index in [1.54, 1.807) is 0 Å². The summed E-state index contributed by atoms with van der Waals surface area (Å²) >= 11 is 0. The number of hydrogen-bond acceptors (Lipinski definition) is 5. The van der Waals surface area contributed by atoms with Gasteiger partial charge in [-0.3, -0.25) is 0 Å². The molecule has 0 aromatic rings. The van der Waals surface area contributed by atoms with Crippen molar-refractivity contribution in [3.8, 4) is 0 Å². The molecule has 4 N–H and O–H groups in total. The lowest BCUT2D eigenvalue weighted by Gasteiger charge is -2.23. The predicted octanol–water partition coefficient (Wildman–Crippen LogP) is -1.06. The molecule has 0 heterocycles. The standard InChI is InChI=1S/C10H20N2O6S/c1-10(2,19(3,17)18)6-11-9(16)12-7(4-5-13)8(14)15/h7,13H,4-6H2,1-3H3,(H,14,15)(H2,11,12,16)/t7-/m1/s1. The molecule has 1 atom stereocenters. The van der Waals surface area contributed by atoms with E-state index in [0.29, 0.717) is 0 Å². The first kappa shape index (κ1) is 17.6. The number of carbonyl (C=O) groups is 2. The molecule has 0 unspecified atom stereocenters. The Morgan fingerprint density at radius 2 is 1.84 bits per heavy atom. The summed E-state index contributed by atoms with van der Waals surface area (Å²) in [6.07, 6.45) is 0.927. The number of aliphatic hydroxyl groups excluding tert-OH is 1. The van der Waals surface area contributed by atoms with Crippen LogP contribution in [0, 0.1) is 0 Å². The third kappa shape index (κ3) is 5.88. The summed E-state index contributed by atoms with van der Waals surface area (Å²) in [5.74, 6) is -1.27. The molecule has 8 nitrogen and oxygen atoms in total. The van der Waals surface area contributed by atoms with E-state index < -0.39 is 32.6 Å². The number of aliphatic carboxylic acids is 1. The maximum absolute atomic E-state index is 11.4. The van der Waals surface area contributed by atoms with Gasteiger partial charge in [0, 0.05) is 25.8 Å². The highest BCUT2D eigenvalue weighted by Gasteiger charge is 2.31. The first-order chi connectivity index (χ1) is 8.51. The number of carbonyl (C=O) groups excluding carboxylic acids is 1. The van der Waals surface area contributed by atoms with Gasteiger partial charge in [-0.05, 0) is 13.8 Å². The smallest absolute Gasteiger partial charge is 0.326 e. The van der Waals surface area contributed by atoms with Crippen LogP contribution in [0.5, 0.6) is 0 Å². The minimum absolute atomic E-state index is 0.127. The number of hydrogen-bond donors (Lipinski definition) is 4. The fraction of sp³-hybridized carbons (Fsp3) is 0.800. The molecular weight excluding hydrogens is 276 g/mol. The van der Waals surface area contributed by atoms with Crippen LogP contribution in [0.25, 0.3) is 0 Å². The van der Waals surface area contributed by atoms with Crippen LogP contribution in [0.1, 0.15) is 20.3 Å². The number of aliphatic hydroxyl groups is 1. The Kier molecular flexibility index (Phi) is 6.23. The molecule has 0 aliphatic carbocycles. The van der Waals surface area contributed by atoms with E-state index in [-0.39, 0.29) is 19.6 Å². The van der Waals surface area contributed by atoms with Crippen molar-refractivity contribution in [3.05, 3.63) is 0 Å². The van der Waals surface area contributed by atoms with Crippen molar-refractivity contribution in [1.29, 1.82) is 0 Å². The molecule has 0 aromatic carbocycles. The van der Waals surface area contributed by atoms with Crippen LogP contribution in [0.3, 0.4) is 0 Å². The molecule has 0 aromatic heterocycles. The predicted molar refractivity (Wildman–Crippen MR) is 68.6 cm³/mol. The van der Waals surface area contributed by atoms with Gasteiger partial charge in [-0.15, -0.1) is 0 Å². The number of rotatable bonds is 7. The van der Waals surface area contributed by atoms with Crippen LogP contribution < -0.4 is 10.6 Å². The van der Waals surface area contributed by atoms with Gasteiger partial charge in [-0.2, -0.15) is 0 Å². The normalized spacial score (nSPS) is 13.7. The molecule has 0 aliphatic heterocycles. The lowest BCUT2D eigenvalue weighted by atomic mass is 10.2. The van der Waals surface area contributed by atoms with Crippen molar-refractivity contribution in [2.75, 3.05) is 19.4 Å². The summed E-state index contributed by atoms with van der Waals surface area (Å²) < 4.78 is 21.6. The van der Waals surface area contributed by atoms with Gasteiger partial charge in [0.05, 0.1) is 4.75 Å². The average molecular weight is 296 g/mol. The highest BCUT2D eigenvalue weighted by atomic mass is 32.2. The Bertz CT molecular complexity index is 431. The van der Waals surface area contributed by atoms with Gasteiger partial charge in [0.15, 0.2) is 9.84 Å². The largest absolute Gasteiger partial charge is 0.480 e. The number of sulfone groups is 1. The third-order valence-electron chi connectivity index (χ3n) is 2.70. The summed E-state index contributed by atoms with van der Waals surface area (Å²) in [5, 5.41) is 21.8. The van der Waals surface area contributed by atoms with Crippen LogP contribution in [-0.4, -0.2) is 60.8 Å². The molecule has 0 saturated carbocycles. The molecule has 19 heavy (non-hydrogen) atoms. The minimum atomic E-state index is -3.35. The average Bonchev–Trinajstić information content (AvgIpc) is 2.24. The van der Waals surface area contributed by atoms with Crippen LogP contribution in [0.15, 0.2) is 0 Å². The van der Waals surface area contributed by atoms with E-state index in [2.05, 4.69) is 10.6 Å². The first-order valence-corrected chi connectivity index (χ1v) is 7.48. The van der Waals surface area contributed by atoms with Crippen molar-refractivity contribution in [1.82, 2.24) is 10.6 Å². The van der Waals surface area contributed by atoms with E-state index in [1.165, 1.54) is 13.8 Å². The number of nitrogens with one attached hydrogen (secondary N) is 2. The Hall–Kier alpha value is -1.35. The minimum Gasteiger partial charge on any atom is -0.480 e. The maximum Gasteiger partial charge on any atom is 0.326 e. The van der Waals surface area contributed by atoms with Crippen molar-refractivity contribution in [2.24, 2.45) is 0 Å². The Morgan fingerprint density at radius 3 is 2.21 bits per heavy atom. The van der Waals surface area contributed by atoms with Gasteiger partial charge in [-0.25, -0.2) is 18.0 Å². The lowest BCUT2D eigenvalue weighted by Crippen LogP contribution is -2.51. The SMILES string of the molecule is CC(C)(CNC(=O)N[C@H](CCO)C(=O)O)S(C)(=O)=O. The quantitative estimate of drug-likeness (QED) is 0.473. The molecule has 112 valence electrons. The number of urea groups is 1. The van der Waals surface area contributed by atoms with Gasteiger partial charge in [0.25, 0.3) is 0 Å².